The van der Waals surface area contributed by atoms with E-state index in [1.165, 1.54) is 7.11 Å². The largest absolute Gasteiger partial charge is 0.468 e. The molecule has 2 aliphatic rings. The van der Waals surface area contributed by atoms with E-state index in [2.05, 4.69) is 28.1 Å². The van der Waals surface area contributed by atoms with Crippen LogP contribution in [0.2, 0.25) is 0 Å². The minimum Gasteiger partial charge on any atom is -0.468 e. The van der Waals surface area contributed by atoms with Gasteiger partial charge in [0.1, 0.15) is 43.5 Å². The van der Waals surface area contributed by atoms with Gasteiger partial charge < -0.3 is 44.4 Å². The van der Waals surface area contributed by atoms with Crippen molar-refractivity contribution in [2.24, 2.45) is 0 Å². The number of carbonyl (C=O) groups is 4. The molecule has 71 heavy (non-hydrogen) atoms. The van der Waals surface area contributed by atoms with Gasteiger partial charge in [0.05, 0.1) is 39.1 Å². The van der Waals surface area contributed by atoms with Crippen molar-refractivity contribution in [1.29, 1.82) is 0 Å². The van der Waals surface area contributed by atoms with E-state index in [4.69, 9.17) is 28.4 Å². The van der Waals surface area contributed by atoms with Gasteiger partial charge in [0.2, 0.25) is 11.8 Å². The van der Waals surface area contributed by atoms with Gasteiger partial charge in [-0.15, -0.1) is 0 Å². The Balaban J connectivity index is 1.02. The normalized spacial score (nSPS) is 19.0. The van der Waals surface area contributed by atoms with Gasteiger partial charge >= 0.3 is 12.1 Å². The van der Waals surface area contributed by atoms with Crippen LogP contribution in [-0.4, -0.2) is 86.7 Å². The first-order valence-corrected chi connectivity index (χ1v) is 24.2. The van der Waals surface area contributed by atoms with Crippen molar-refractivity contribution in [2.45, 2.75) is 94.5 Å². The second kappa shape index (κ2) is 25.1. The zero-order valence-electron chi connectivity index (χ0n) is 40.0. The van der Waals surface area contributed by atoms with Crippen molar-refractivity contribution in [2.75, 3.05) is 20.3 Å². The van der Waals surface area contributed by atoms with E-state index in [0.29, 0.717) is 6.61 Å². The van der Waals surface area contributed by atoms with E-state index in [9.17, 15) is 19.2 Å². The predicted molar refractivity (Wildman–Crippen MR) is 268 cm³/mol. The van der Waals surface area contributed by atoms with E-state index in [-0.39, 0.29) is 45.0 Å². The van der Waals surface area contributed by atoms with E-state index >= 15 is 0 Å². The van der Waals surface area contributed by atoms with Gasteiger partial charge in [0.25, 0.3) is 0 Å². The van der Waals surface area contributed by atoms with Crippen LogP contribution in [0.4, 0.5) is 4.79 Å². The molecule has 3 amide bonds. The minimum atomic E-state index is -1.20. The average molecular weight is 960 g/mol. The molecule has 7 atom stereocenters. The Morgan fingerprint density at radius 3 is 1.56 bits per heavy atom. The quantitative estimate of drug-likeness (QED) is 0.0566. The van der Waals surface area contributed by atoms with Crippen LogP contribution in [0.3, 0.4) is 0 Å². The molecule has 0 radical (unpaired) electrons. The summed E-state index contributed by atoms with van der Waals surface area (Å²) in [7, 11) is 1.22. The van der Waals surface area contributed by atoms with Crippen LogP contribution in [0.15, 0.2) is 170 Å². The van der Waals surface area contributed by atoms with Crippen LogP contribution in [0, 0.1) is 0 Å². The molecule has 1 saturated heterocycles. The summed E-state index contributed by atoms with van der Waals surface area (Å²) < 4.78 is 37.7. The van der Waals surface area contributed by atoms with Crippen LogP contribution in [0.1, 0.15) is 59.1 Å². The molecule has 1 unspecified atom stereocenters. The molecule has 0 aromatic heterocycles. The lowest BCUT2D eigenvalue weighted by atomic mass is 9.91. The molecular formula is C58H61N3O10. The van der Waals surface area contributed by atoms with Gasteiger partial charge in [0, 0.05) is 12.3 Å². The molecular weight excluding hydrogens is 899 g/mol. The number of hydrogen-bond acceptors (Lipinski definition) is 10. The summed E-state index contributed by atoms with van der Waals surface area (Å²) in [5.41, 5.74) is 7.94. The summed E-state index contributed by atoms with van der Waals surface area (Å²) in [6.07, 6.45) is -3.47. The zero-order valence-corrected chi connectivity index (χ0v) is 40.0. The molecule has 8 rings (SSSR count). The van der Waals surface area contributed by atoms with Crippen LogP contribution in [-0.2, 0) is 69.0 Å². The Morgan fingerprint density at radius 1 is 0.549 bits per heavy atom. The number of benzene rings is 6. The fourth-order valence-corrected chi connectivity index (χ4v) is 9.32. The highest BCUT2D eigenvalue weighted by Gasteiger charge is 2.47. The lowest BCUT2D eigenvalue weighted by Crippen LogP contribution is -2.60. The first kappa shape index (κ1) is 50.2. The van der Waals surface area contributed by atoms with Crippen molar-refractivity contribution in [3.63, 3.8) is 0 Å². The van der Waals surface area contributed by atoms with Crippen molar-refractivity contribution in [3.05, 3.63) is 203 Å². The van der Waals surface area contributed by atoms with Gasteiger partial charge in [0.15, 0.2) is 0 Å². The second-order valence-corrected chi connectivity index (χ2v) is 17.8. The number of carbonyl (C=O) groups excluding carboxylic acids is 4. The number of alkyl carbamates (subject to hydrolysis) is 1. The Kier molecular flexibility index (Phi) is 17.8. The smallest absolute Gasteiger partial charge is 0.407 e. The van der Waals surface area contributed by atoms with E-state index < -0.39 is 73.0 Å². The van der Waals surface area contributed by atoms with Crippen molar-refractivity contribution in [1.82, 2.24) is 16.0 Å². The van der Waals surface area contributed by atoms with Crippen LogP contribution in [0.25, 0.3) is 11.1 Å². The third-order valence-electron chi connectivity index (χ3n) is 13.0. The van der Waals surface area contributed by atoms with Crippen molar-refractivity contribution >= 4 is 23.9 Å². The Morgan fingerprint density at radius 2 is 1.03 bits per heavy atom. The molecule has 0 spiro atoms. The predicted octanol–water partition coefficient (Wildman–Crippen LogP) is 8.23. The van der Waals surface area contributed by atoms with Gasteiger partial charge in [-0.25, -0.2) is 4.79 Å². The fraction of sp³-hybridized carbons (Fsp3) is 0.310. The topological polar surface area (TPSA) is 160 Å². The zero-order chi connectivity index (χ0) is 49.4. The van der Waals surface area contributed by atoms with E-state index in [0.717, 1.165) is 44.5 Å². The lowest BCUT2D eigenvalue weighted by Gasteiger charge is -2.46. The SMILES string of the molecule is COC(=O)CNC(=O)C(CC[C@@H]1O[C@@H](C)[C@@H](OCc2ccccc2)[C@@H](OCc2ccccc2)[C@@H]1OCc1ccccc1)NC(=O)[C@@H](Cc1ccccc1)NC(=O)OCC1c2ccccc2-c2ccccc21. The number of fused-ring (bicyclic) bond motifs is 3. The molecule has 13 nitrogen and oxygen atoms in total. The summed E-state index contributed by atoms with van der Waals surface area (Å²) in [6, 6.07) is 52.5. The molecule has 1 aliphatic carbocycles. The van der Waals surface area contributed by atoms with Crippen LogP contribution in [0.5, 0.6) is 0 Å². The summed E-state index contributed by atoms with van der Waals surface area (Å²) in [5.74, 6) is -2.12. The first-order valence-electron chi connectivity index (χ1n) is 24.2. The lowest BCUT2D eigenvalue weighted by molar-refractivity contribution is -0.262. The monoisotopic (exact) mass is 959 g/mol. The summed E-state index contributed by atoms with van der Waals surface area (Å²) in [4.78, 5) is 54.7. The number of nitrogens with one attached hydrogen (secondary N) is 3. The molecule has 1 aliphatic heterocycles. The maximum atomic E-state index is 14.6. The van der Waals surface area contributed by atoms with Gasteiger partial charge in [-0.05, 0) is 64.3 Å². The molecule has 6 aromatic rings. The maximum absolute atomic E-state index is 14.6. The van der Waals surface area contributed by atoms with Crippen LogP contribution < -0.4 is 16.0 Å². The fourth-order valence-electron chi connectivity index (χ4n) is 9.32. The maximum Gasteiger partial charge on any atom is 0.407 e. The number of methoxy groups -OCH3 is 1. The number of ether oxygens (including phenoxy) is 6. The third-order valence-corrected chi connectivity index (χ3v) is 13.0. The highest BCUT2D eigenvalue weighted by molar-refractivity contribution is 5.92. The number of amides is 3. The Hall–Kier alpha value is -7.16. The number of rotatable bonds is 22. The molecule has 13 heteroatoms. The molecule has 1 heterocycles. The highest BCUT2D eigenvalue weighted by atomic mass is 16.6. The summed E-state index contributed by atoms with van der Waals surface area (Å²) >= 11 is 0. The first-order chi connectivity index (χ1) is 34.7. The molecule has 0 bridgehead atoms. The third kappa shape index (κ3) is 13.6. The summed E-state index contributed by atoms with van der Waals surface area (Å²) in [6.45, 7) is 2.36. The molecule has 3 N–H and O–H groups in total. The van der Waals surface area contributed by atoms with Crippen LogP contribution >= 0.6 is 0 Å². The van der Waals surface area contributed by atoms with Gasteiger partial charge in [-0.3, -0.25) is 14.4 Å². The Labute approximate surface area is 415 Å². The van der Waals surface area contributed by atoms with Gasteiger partial charge in [-0.1, -0.05) is 170 Å². The molecule has 1 fully saturated rings. The Bertz CT molecular complexity index is 2610. The highest BCUT2D eigenvalue weighted by Crippen LogP contribution is 2.44. The molecule has 368 valence electrons. The standard InChI is InChI=1S/C58H61N3O10/c1-39-53(67-35-41-21-9-4-10-22-41)55(69-37-43-25-13-6-14-26-43)54(68-36-42-23-11-5-12-24-42)51(71-39)32-31-49(56(63)59-34-52(62)66-2)60-57(64)50(33-40-19-7-3-8-20-40)61-58(65)70-38-48-46-29-17-15-27-44(46)45-28-16-18-30-47(45)48/h3-30,39,48-51,53-55H,31-38H2,1-2H3,(H,59,63)(H,60,64)(H,61,65)/t39-,49?,50+,51-,53+,54+,55+/m0/s1. The average Bonchev–Trinajstić information content (AvgIpc) is 3.73. The van der Waals surface area contributed by atoms with E-state index in [1.807, 2.05) is 165 Å². The second-order valence-electron chi connectivity index (χ2n) is 17.8. The number of hydrogen-bond donors (Lipinski definition) is 3. The molecule has 0 saturated carbocycles. The molecule has 6 aromatic carbocycles. The minimum absolute atomic E-state index is 0.0413. The van der Waals surface area contributed by atoms with Gasteiger partial charge in [-0.2, -0.15) is 0 Å². The van der Waals surface area contributed by atoms with Crippen molar-refractivity contribution < 1.29 is 47.6 Å². The number of esters is 1. The van der Waals surface area contributed by atoms with E-state index in [1.54, 1.807) is 0 Å². The summed E-state index contributed by atoms with van der Waals surface area (Å²) in [5, 5.41) is 8.33. The van der Waals surface area contributed by atoms with Crippen molar-refractivity contribution in [3.8, 4) is 11.1 Å².